The zero-order chi connectivity index (χ0) is 15.5. The molecule has 0 aliphatic heterocycles. The van der Waals surface area contributed by atoms with E-state index in [2.05, 4.69) is 6.58 Å². The van der Waals surface area contributed by atoms with E-state index in [0.717, 1.165) is 11.0 Å². The molecule has 3 aromatic rings. The van der Waals surface area contributed by atoms with Crippen LogP contribution in [0.5, 0.6) is 0 Å². The Morgan fingerprint density at radius 2 is 1.57 bits per heavy atom. The first kappa shape index (κ1) is 17.0. The number of carbonyl (C=O) groups excluding carboxylic acids is 1. The van der Waals surface area contributed by atoms with Crippen molar-refractivity contribution < 1.29 is 21.8 Å². The summed E-state index contributed by atoms with van der Waals surface area (Å²) < 4.78 is 3.59. The highest BCUT2D eigenvalue weighted by molar-refractivity contribution is 5.96. The number of allylic oxidation sites excluding steroid dienone is 1. The average Bonchev–Trinajstić information content (AvgIpc) is 2.82. The summed E-state index contributed by atoms with van der Waals surface area (Å²) in [5.74, 6) is 0.000561. The lowest BCUT2D eigenvalue weighted by atomic mass is 10.1. The van der Waals surface area contributed by atoms with E-state index in [1.165, 1.54) is 0 Å². The molecule has 0 aliphatic carbocycles. The third kappa shape index (κ3) is 3.19. The average molecular weight is 371 g/mol. The molecule has 0 saturated carbocycles. The van der Waals surface area contributed by atoms with Crippen molar-refractivity contribution in [1.82, 2.24) is 9.13 Å². The number of aromatic nitrogens is 2. The number of nitrogens with zero attached hydrogens (tertiary/aromatic N) is 2. The molecule has 4 nitrogen and oxygen atoms in total. The highest BCUT2D eigenvalue weighted by Gasteiger charge is 2.13. The van der Waals surface area contributed by atoms with E-state index >= 15 is 0 Å². The summed E-state index contributed by atoms with van der Waals surface area (Å²) >= 11 is 0. The molecule has 118 valence electrons. The van der Waals surface area contributed by atoms with Crippen LogP contribution in [0.4, 0.5) is 0 Å². The van der Waals surface area contributed by atoms with E-state index in [-0.39, 0.29) is 29.3 Å². The number of hydrogen-bond acceptors (Lipinski definition) is 2. The summed E-state index contributed by atoms with van der Waals surface area (Å²) in [6.45, 7) is 4.45. The largest absolute Gasteiger partial charge is 1.00 e. The molecule has 1 heterocycles. The lowest BCUT2D eigenvalue weighted by Crippen LogP contribution is -3.00. The van der Waals surface area contributed by atoms with Gasteiger partial charge in [-0.15, -0.1) is 6.58 Å². The first-order valence-corrected chi connectivity index (χ1v) is 7.14. The van der Waals surface area contributed by atoms with Gasteiger partial charge in [0.25, 0.3) is 0 Å². The molecule has 0 unspecified atom stereocenters. The van der Waals surface area contributed by atoms with Gasteiger partial charge in [-0.2, -0.15) is 0 Å². The van der Waals surface area contributed by atoms with Crippen LogP contribution in [0.2, 0.25) is 0 Å². The van der Waals surface area contributed by atoms with Crippen LogP contribution in [0, 0.1) is 5.41 Å². The van der Waals surface area contributed by atoms with Gasteiger partial charge in [-0.3, -0.25) is 10.2 Å². The van der Waals surface area contributed by atoms with Crippen LogP contribution < -0.4 is 22.6 Å². The van der Waals surface area contributed by atoms with E-state index in [4.69, 9.17) is 5.41 Å². The van der Waals surface area contributed by atoms with Gasteiger partial charge in [0.15, 0.2) is 5.78 Å². The molecule has 0 atom stereocenters. The number of benzene rings is 2. The van der Waals surface area contributed by atoms with Crippen LogP contribution in [0.15, 0.2) is 67.3 Å². The highest BCUT2D eigenvalue weighted by atomic mass is 79.9. The molecule has 0 radical (unpaired) electrons. The zero-order valence-corrected chi connectivity index (χ0v) is 14.2. The molecule has 0 saturated heterocycles. The Hall–Kier alpha value is -2.40. The Kier molecular flexibility index (Phi) is 5.34. The summed E-state index contributed by atoms with van der Waals surface area (Å²) in [5, 5.41) is 8.36. The van der Waals surface area contributed by atoms with Gasteiger partial charge in [0, 0.05) is 12.1 Å². The molecule has 5 heteroatoms. The summed E-state index contributed by atoms with van der Waals surface area (Å²) in [6.07, 6.45) is 1.76. The van der Waals surface area contributed by atoms with Crippen LogP contribution in [0.3, 0.4) is 0 Å². The fraction of sp³-hybridized carbons (Fsp3) is 0.111. The Labute approximate surface area is 145 Å². The second-order valence-electron chi connectivity index (χ2n) is 5.09. The first-order valence-electron chi connectivity index (χ1n) is 7.14. The van der Waals surface area contributed by atoms with Crippen molar-refractivity contribution in [3.05, 3.63) is 78.4 Å². The number of para-hydroxylation sites is 2. The van der Waals surface area contributed by atoms with Gasteiger partial charge in [-0.05, 0) is 12.1 Å². The number of rotatable bonds is 5. The van der Waals surface area contributed by atoms with Crippen molar-refractivity contribution in [1.29, 1.82) is 5.41 Å². The van der Waals surface area contributed by atoms with E-state index in [1.807, 2.05) is 47.0 Å². The maximum atomic E-state index is 12.4. The molecular weight excluding hydrogens is 354 g/mol. The fourth-order valence-corrected chi connectivity index (χ4v) is 2.63. The van der Waals surface area contributed by atoms with Crippen LogP contribution in [0.1, 0.15) is 10.4 Å². The standard InChI is InChI=1S/C18H17N3O.BrH/c1-2-12-20-15-10-6-7-11-16(15)21(18(20)19)13-17(22)14-8-4-3-5-9-14;/h2-11,19H,1,12-13H2;1H/p-1. The summed E-state index contributed by atoms with van der Waals surface area (Å²) in [4.78, 5) is 12.4. The molecule has 2 aromatic carbocycles. The van der Waals surface area contributed by atoms with Crippen molar-refractivity contribution >= 4 is 16.8 Å². The van der Waals surface area contributed by atoms with Gasteiger partial charge in [-0.25, -0.2) is 0 Å². The highest BCUT2D eigenvalue weighted by Crippen LogP contribution is 2.13. The van der Waals surface area contributed by atoms with E-state index in [9.17, 15) is 4.79 Å². The lowest BCUT2D eigenvalue weighted by Gasteiger charge is -2.04. The minimum absolute atomic E-state index is 0. The molecule has 0 aliphatic rings. The smallest absolute Gasteiger partial charge is 0.203 e. The fourth-order valence-electron chi connectivity index (χ4n) is 2.63. The van der Waals surface area contributed by atoms with Gasteiger partial charge in [0.2, 0.25) is 5.62 Å². The van der Waals surface area contributed by atoms with Crippen LogP contribution >= 0.6 is 0 Å². The third-order valence-corrected chi connectivity index (χ3v) is 3.68. The van der Waals surface area contributed by atoms with Crippen molar-refractivity contribution in [2.75, 3.05) is 0 Å². The van der Waals surface area contributed by atoms with Crippen LogP contribution in [0.25, 0.3) is 11.0 Å². The Balaban J connectivity index is 0.00000192. The minimum Gasteiger partial charge on any atom is -1.00 e. The summed E-state index contributed by atoms with van der Waals surface area (Å²) in [5.41, 5.74) is 2.80. The number of ketones is 1. The van der Waals surface area contributed by atoms with E-state index < -0.39 is 0 Å². The number of imidazole rings is 1. The number of fused-ring (bicyclic) bond motifs is 1. The minimum atomic E-state index is 0. The van der Waals surface area contributed by atoms with E-state index in [0.29, 0.717) is 17.7 Å². The predicted octanol–water partition coefficient (Wildman–Crippen LogP) is -0.00483. The quantitative estimate of drug-likeness (QED) is 0.498. The zero-order valence-electron chi connectivity index (χ0n) is 12.6. The Morgan fingerprint density at radius 3 is 2.17 bits per heavy atom. The lowest BCUT2D eigenvalue weighted by molar-refractivity contribution is -0.0000125. The maximum absolute atomic E-state index is 12.4. The van der Waals surface area contributed by atoms with Crippen molar-refractivity contribution in [3.8, 4) is 0 Å². The van der Waals surface area contributed by atoms with Crippen molar-refractivity contribution in [3.63, 3.8) is 0 Å². The monoisotopic (exact) mass is 370 g/mol. The second kappa shape index (κ2) is 7.24. The molecule has 0 amide bonds. The molecule has 1 aromatic heterocycles. The topological polar surface area (TPSA) is 50.8 Å². The van der Waals surface area contributed by atoms with Gasteiger partial charge >= 0.3 is 0 Å². The predicted molar refractivity (Wildman–Crippen MR) is 86.8 cm³/mol. The van der Waals surface area contributed by atoms with Gasteiger partial charge in [-0.1, -0.05) is 48.5 Å². The van der Waals surface area contributed by atoms with Gasteiger partial charge < -0.3 is 26.1 Å². The van der Waals surface area contributed by atoms with Gasteiger partial charge in [0.05, 0.1) is 17.6 Å². The number of nitrogens with one attached hydrogen (secondary N) is 1. The molecule has 0 bridgehead atoms. The molecular formula is C18H17BrN3O-. The molecule has 0 spiro atoms. The van der Waals surface area contributed by atoms with Crippen LogP contribution in [-0.4, -0.2) is 14.9 Å². The summed E-state index contributed by atoms with van der Waals surface area (Å²) in [6, 6.07) is 16.9. The first-order chi connectivity index (χ1) is 10.7. The molecule has 3 rings (SSSR count). The maximum Gasteiger partial charge on any atom is 0.203 e. The SMILES string of the molecule is C=CCn1c(=N)n(CC(=O)c2ccccc2)c2ccccc21.[Br-]. The summed E-state index contributed by atoms with van der Waals surface area (Å²) in [7, 11) is 0. The van der Waals surface area contributed by atoms with Gasteiger partial charge in [0.1, 0.15) is 0 Å². The van der Waals surface area contributed by atoms with Crippen molar-refractivity contribution in [2.24, 2.45) is 0 Å². The second-order valence-corrected chi connectivity index (χ2v) is 5.09. The molecule has 1 N–H and O–H groups in total. The van der Waals surface area contributed by atoms with Crippen molar-refractivity contribution in [2.45, 2.75) is 13.1 Å². The Morgan fingerprint density at radius 1 is 1.00 bits per heavy atom. The van der Waals surface area contributed by atoms with E-state index in [1.54, 1.807) is 22.8 Å². The third-order valence-electron chi connectivity index (χ3n) is 3.68. The number of hydrogen-bond donors (Lipinski definition) is 1. The normalized spacial score (nSPS) is 10.3. The number of halogens is 1. The number of carbonyl (C=O) groups is 1. The molecule has 23 heavy (non-hydrogen) atoms. The Bertz CT molecular complexity index is 894. The molecule has 0 fully saturated rings. The van der Waals surface area contributed by atoms with Crippen LogP contribution in [-0.2, 0) is 13.1 Å². The number of Topliss-reactive ketones (excluding diaryl/α,β-unsaturated/α-hetero) is 1.